The number of hydrogen-bond donors (Lipinski definition) is 1. The summed E-state index contributed by atoms with van der Waals surface area (Å²) in [5, 5.41) is 9.24. The van der Waals surface area contributed by atoms with Gasteiger partial charge >= 0.3 is 0 Å². The van der Waals surface area contributed by atoms with Crippen LogP contribution in [0.5, 0.6) is 5.75 Å². The number of carbonyl (C=O) groups excluding carboxylic acids is 1. The average Bonchev–Trinajstić information content (AvgIpc) is 2.38. The fraction of sp³-hybridized carbons (Fsp3) is 0.417. The smallest absolute Gasteiger partial charge is 0.253 e. The van der Waals surface area contributed by atoms with Crippen molar-refractivity contribution in [1.29, 1.82) is 0 Å². The van der Waals surface area contributed by atoms with Gasteiger partial charge in [-0.1, -0.05) is 0 Å². The largest absolute Gasteiger partial charge is 0.497 e. The Bertz CT molecular complexity index is 390. The number of morpholine rings is 1. The average molecular weight is 237 g/mol. The van der Waals surface area contributed by atoms with Gasteiger partial charge in [-0.05, 0) is 24.3 Å². The number of aliphatic hydroxyl groups is 1. The summed E-state index contributed by atoms with van der Waals surface area (Å²) in [6, 6.07) is 6.85. The van der Waals surface area contributed by atoms with Crippen LogP contribution in [0.15, 0.2) is 24.3 Å². The molecule has 1 fully saturated rings. The monoisotopic (exact) mass is 237 g/mol. The standard InChI is InChI=1S/C12H15NO4/c1-16-11-4-2-9(3-5-11)13-10(6-14)7-17-8-12(13)15/h2-5,10,14H,6-8H2,1H3. The van der Waals surface area contributed by atoms with Crippen LogP contribution < -0.4 is 9.64 Å². The van der Waals surface area contributed by atoms with E-state index in [1.807, 2.05) is 0 Å². The summed E-state index contributed by atoms with van der Waals surface area (Å²) in [6.45, 7) is 0.300. The molecular weight excluding hydrogens is 222 g/mol. The SMILES string of the molecule is COc1ccc(N2C(=O)COCC2CO)cc1. The van der Waals surface area contributed by atoms with Crippen molar-refractivity contribution >= 4 is 11.6 Å². The van der Waals surface area contributed by atoms with E-state index < -0.39 is 0 Å². The molecule has 1 unspecified atom stereocenters. The van der Waals surface area contributed by atoms with E-state index in [4.69, 9.17) is 9.47 Å². The van der Waals surface area contributed by atoms with Gasteiger partial charge in [0, 0.05) is 5.69 Å². The lowest BCUT2D eigenvalue weighted by Gasteiger charge is -2.34. The van der Waals surface area contributed by atoms with Gasteiger partial charge < -0.3 is 19.5 Å². The Labute approximate surface area is 99.6 Å². The number of carbonyl (C=O) groups is 1. The normalized spacial score (nSPS) is 20.5. The van der Waals surface area contributed by atoms with Crippen molar-refractivity contribution in [3.63, 3.8) is 0 Å². The van der Waals surface area contributed by atoms with Crippen LogP contribution in [-0.4, -0.2) is 44.0 Å². The number of ether oxygens (including phenoxy) is 2. The molecule has 0 saturated carbocycles. The third-order valence-electron chi connectivity index (χ3n) is 2.73. The topological polar surface area (TPSA) is 59.0 Å². The summed E-state index contributed by atoms with van der Waals surface area (Å²) < 4.78 is 10.2. The van der Waals surface area contributed by atoms with Crippen molar-refractivity contribution in [2.24, 2.45) is 0 Å². The number of aliphatic hydroxyl groups excluding tert-OH is 1. The zero-order valence-electron chi connectivity index (χ0n) is 9.63. The molecule has 17 heavy (non-hydrogen) atoms. The lowest BCUT2D eigenvalue weighted by Crippen LogP contribution is -2.51. The molecule has 1 aliphatic rings. The zero-order chi connectivity index (χ0) is 12.3. The van der Waals surface area contributed by atoms with Gasteiger partial charge in [-0.25, -0.2) is 0 Å². The highest BCUT2D eigenvalue weighted by Crippen LogP contribution is 2.23. The van der Waals surface area contributed by atoms with Crippen LogP contribution >= 0.6 is 0 Å². The highest BCUT2D eigenvalue weighted by Gasteiger charge is 2.29. The molecule has 0 spiro atoms. The Morgan fingerprint density at radius 1 is 1.47 bits per heavy atom. The van der Waals surface area contributed by atoms with E-state index in [2.05, 4.69) is 0 Å². The number of nitrogens with zero attached hydrogens (tertiary/aromatic N) is 1. The molecule has 0 aliphatic carbocycles. The lowest BCUT2D eigenvalue weighted by molar-refractivity contribution is -0.128. The van der Waals surface area contributed by atoms with Gasteiger partial charge in [0.1, 0.15) is 12.4 Å². The minimum Gasteiger partial charge on any atom is -0.497 e. The van der Waals surface area contributed by atoms with Crippen LogP contribution in [0.2, 0.25) is 0 Å². The van der Waals surface area contributed by atoms with E-state index in [9.17, 15) is 9.90 Å². The Hall–Kier alpha value is -1.59. The van der Waals surface area contributed by atoms with Gasteiger partial charge in [0.2, 0.25) is 0 Å². The third kappa shape index (κ3) is 2.40. The summed E-state index contributed by atoms with van der Waals surface area (Å²) in [6.07, 6.45) is 0. The molecule has 92 valence electrons. The first-order chi connectivity index (χ1) is 8.26. The minimum absolute atomic E-state index is 0.0581. The first-order valence-corrected chi connectivity index (χ1v) is 5.41. The molecule has 1 saturated heterocycles. The maximum atomic E-state index is 11.8. The van der Waals surface area contributed by atoms with Gasteiger partial charge in [-0.2, -0.15) is 0 Å². The molecule has 1 N–H and O–H groups in total. The van der Waals surface area contributed by atoms with Crippen LogP contribution in [0.4, 0.5) is 5.69 Å². The molecule has 0 radical (unpaired) electrons. The van der Waals surface area contributed by atoms with E-state index in [0.29, 0.717) is 6.61 Å². The fourth-order valence-corrected chi connectivity index (χ4v) is 1.86. The number of methoxy groups -OCH3 is 1. The van der Waals surface area contributed by atoms with E-state index in [1.165, 1.54) is 0 Å². The van der Waals surface area contributed by atoms with Gasteiger partial charge in [-0.3, -0.25) is 4.79 Å². The van der Waals surface area contributed by atoms with Crippen LogP contribution in [-0.2, 0) is 9.53 Å². The van der Waals surface area contributed by atoms with E-state index >= 15 is 0 Å². The highest BCUT2D eigenvalue weighted by molar-refractivity contribution is 5.95. The first kappa shape index (κ1) is 11.9. The number of anilines is 1. The van der Waals surface area contributed by atoms with Crippen molar-refractivity contribution in [2.45, 2.75) is 6.04 Å². The number of hydrogen-bond acceptors (Lipinski definition) is 4. The summed E-state index contributed by atoms with van der Waals surface area (Å²) in [7, 11) is 1.59. The van der Waals surface area contributed by atoms with Crippen molar-refractivity contribution in [2.75, 3.05) is 31.8 Å². The Morgan fingerprint density at radius 3 is 2.76 bits per heavy atom. The number of amides is 1. The van der Waals surface area contributed by atoms with Crippen LogP contribution in [0, 0.1) is 0 Å². The quantitative estimate of drug-likeness (QED) is 0.827. The van der Waals surface area contributed by atoms with Gasteiger partial charge in [0.25, 0.3) is 5.91 Å². The second kappa shape index (κ2) is 5.16. The molecule has 1 aromatic carbocycles. The third-order valence-corrected chi connectivity index (χ3v) is 2.73. The lowest BCUT2D eigenvalue weighted by atomic mass is 10.2. The molecule has 1 aromatic rings. The summed E-state index contributed by atoms with van der Waals surface area (Å²) >= 11 is 0. The Morgan fingerprint density at radius 2 is 2.18 bits per heavy atom. The minimum atomic E-state index is -0.315. The van der Waals surface area contributed by atoms with Crippen LogP contribution in [0.25, 0.3) is 0 Å². The van der Waals surface area contributed by atoms with Crippen LogP contribution in [0.1, 0.15) is 0 Å². The maximum absolute atomic E-state index is 11.8. The summed E-state index contributed by atoms with van der Waals surface area (Å²) in [5.74, 6) is 0.593. The fourth-order valence-electron chi connectivity index (χ4n) is 1.86. The van der Waals surface area contributed by atoms with Crippen LogP contribution in [0.3, 0.4) is 0 Å². The van der Waals surface area contributed by atoms with Crippen molar-refractivity contribution in [3.05, 3.63) is 24.3 Å². The van der Waals surface area contributed by atoms with E-state index in [1.54, 1.807) is 36.3 Å². The highest BCUT2D eigenvalue weighted by atomic mass is 16.5. The van der Waals surface area contributed by atoms with E-state index in [0.717, 1.165) is 11.4 Å². The Kier molecular flexibility index (Phi) is 3.61. The molecule has 1 aliphatic heterocycles. The molecular formula is C12H15NO4. The zero-order valence-corrected chi connectivity index (χ0v) is 9.63. The van der Waals surface area contributed by atoms with Crippen molar-refractivity contribution < 1.29 is 19.4 Å². The first-order valence-electron chi connectivity index (χ1n) is 5.41. The van der Waals surface area contributed by atoms with Gasteiger partial charge in [0.05, 0.1) is 26.4 Å². The second-order valence-electron chi connectivity index (χ2n) is 3.81. The van der Waals surface area contributed by atoms with Gasteiger partial charge in [-0.15, -0.1) is 0 Å². The molecule has 1 heterocycles. The predicted octanol–water partition coefficient (Wildman–Crippen LogP) is 0.419. The molecule has 2 rings (SSSR count). The summed E-state index contributed by atoms with van der Waals surface area (Å²) in [4.78, 5) is 13.3. The number of benzene rings is 1. The molecule has 5 nitrogen and oxygen atoms in total. The molecule has 5 heteroatoms. The maximum Gasteiger partial charge on any atom is 0.253 e. The van der Waals surface area contributed by atoms with Gasteiger partial charge in [0.15, 0.2) is 0 Å². The summed E-state index contributed by atoms with van der Waals surface area (Å²) in [5.41, 5.74) is 0.748. The molecule has 0 aromatic heterocycles. The second-order valence-corrected chi connectivity index (χ2v) is 3.81. The molecule has 1 amide bonds. The Balaban J connectivity index is 2.25. The predicted molar refractivity (Wildman–Crippen MR) is 62.2 cm³/mol. The molecule has 1 atom stereocenters. The van der Waals surface area contributed by atoms with Crippen molar-refractivity contribution in [3.8, 4) is 5.75 Å². The van der Waals surface area contributed by atoms with E-state index in [-0.39, 0.29) is 25.2 Å². The van der Waals surface area contributed by atoms with Crippen molar-refractivity contribution in [1.82, 2.24) is 0 Å². The number of rotatable bonds is 3. The molecule has 0 bridgehead atoms.